The van der Waals surface area contributed by atoms with Gasteiger partial charge in [-0.3, -0.25) is 0 Å². The molecule has 0 amide bonds. The van der Waals surface area contributed by atoms with Crippen LogP contribution in [0, 0.1) is 0 Å². The zero-order valence-electron chi connectivity index (χ0n) is 11.6. The van der Waals surface area contributed by atoms with Crippen molar-refractivity contribution < 1.29 is 5.48 Å². The molecule has 3 aromatic rings. The molecule has 0 bridgehead atoms. The first-order chi connectivity index (χ1) is 10.4. The number of hydrogen-bond acceptors (Lipinski definition) is 4. The molecular weight excluding hydrogens is 335 g/mol. The third kappa shape index (κ3) is 4.07. The number of benzene rings is 2. The van der Waals surface area contributed by atoms with Crippen LogP contribution in [0.4, 0.5) is 5.69 Å². The first-order valence-electron chi connectivity index (χ1n) is 6.66. The fraction of sp³-hybridized carbons (Fsp3) is 0. The van der Waals surface area contributed by atoms with Crippen LogP contribution in [0.5, 0.6) is 0 Å². The number of aromatic nitrogens is 1. The SMILES string of the molecule is C(=Cc1nc2ccccc2s1)C=C1Nc2ccccc2S1.O.[NaH]. The van der Waals surface area contributed by atoms with Crippen LogP contribution in [-0.4, -0.2) is 40.0 Å². The minimum absolute atomic E-state index is 0. The van der Waals surface area contributed by atoms with Crippen LogP contribution in [-0.2, 0) is 0 Å². The third-order valence-electron chi connectivity index (χ3n) is 3.16. The Bertz CT molecular complexity index is 814. The average Bonchev–Trinajstić information content (AvgIpc) is 3.09. The van der Waals surface area contributed by atoms with Gasteiger partial charge in [0.1, 0.15) is 5.01 Å². The Balaban J connectivity index is 0.000000960. The summed E-state index contributed by atoms with van der Waals surface area (Å²) < 4.78 is 1.23. The first kappa shape index (κ1) is 18.3. The van der Waals surface area contributed by atoms with Crippen molar-refractivity contribution in [1.82, 2.24) is 4.98 Å². The number of nitrogens with zero attached hydrogens (tertiary/aromatic N) is 1. The molecule has 6 heteroatoms. The van der Waals surface area contributed by atoms with E-state index in [0.717, 1.165) is 15.6 Å². The van der Waals surface area contributed by atoms with Crippen LogP contribution < -0.4 is 5.32 Å². The molecule has 0 saturated heterocycles. The maximum atomic E-state index is 4.59. The predicted octanol–water partition coefficient (Wildman–Crippen LogP) is 3.90. The Hall–Kier alpha value is -1.08. The summed E-state index contributed by atoms with van der Waals surface area (Å²) in [4.78, 5) is 5.87. The zero-order chi connectivity index (χ0) is 14.1. The van der Waals surface area contributed by atoms with Gasteiger partial charge in [0.15, 0.2) is 0 Å². The molecule has 0 radical (unpaired) electrons. The summed E-state index contributed by atoms with van der Waals surface area (Å²) in [6.45, 7) is 0. The van der Waals surface area contributed by atoms with E-state index in [0.29, 0.717) is 0 Å². The van der Waals surface area contributed by atoms with E-state index in [2.05, 4.69) is 52.8 Å². The topological polar surface area (TPSA) is 56.4 Å². The summed E-state index contributed by atoms with van der Waals surface area (Å²) in [6.07, 6.45) is 6.21. The van der Waals surface area contributed by atoms with E-state index in [1.54, 1.807) is 23.1 Å². The molecule has 23 heavy (non-hydrogen) atoms. The van der Waals surface area contributed by atoms with Crippen LogP contribution in [0.15, 0.2) is 70.6 Å². The summed E-state index contributed by atoms with van der Waals surface area (Å²) in [6, 6.07) is 16.6. The van der Waals surface area contributed by atoms with Crippen LogP contribution >= 0.6 is 23.1 Å². The van der Waals surface area contributed by atoms with Gasteiger partial charge in [0.25, 0.3) is 0 Å². The number of rotatable bonds is 2. The molecular formula is C17H15N2NaOS2. The van der Waals surface area contributed by atoms with Crippen LogP contribution in [0.3, 0.4) is 0 Å². The number of anilines is 1. The molecule has 0 unspecified atom stereocenters. The van der Waals surface area contributed by atoms with Gasteiger partial charge in [0.05, 0.1) is 20.9 Å². The van der Waals surface area contributed by atoms with Gasteiger partial charge in [0, 0.05) is 4.90 Å². The van der Waals surface area contributed by atoms with Crippen LogP contribution in [0.2, 0.25) is 0 Å². The number of hydrogen-bond donors (Lipinski definition) is 1. The van der Waals surface area contributed by atoms with Gasteiger partial charge in [-0.05, 0) is 36.4 Å². The van der Waals surface area contributed by atoms with Gasteiger partial charge in [-0.2, -0.15) is 0 Å². The van der Waals surface area contributed by atoms with Crippen molar-refractivity contribution >= 4 is 74.6 Å². The van der Waals surface area contributed by atoms with Crippen molar-refractivity contribution in [3.63, 3.8) is 0 Å². The summed E-state index contributed by atoms with van der Waals surface area (Å²) >= 11 is 3.47. The first-order valence-corrected chi connectivity index (χ1v) is 8.30. The molecule has 1 aliphatic heterocycles. The number of allylic oxidation sites excluding steroid dienone is 2. The Morgan fingerprint density at radius 1 is 1.00 bits per heavy atom. The molecule has 4 rings (SSSR count). The normalized spacial score (nSPS) is 14.3. The number of thiazole rings is 1. The van der Waals surface area contributed by atoms with E-state index in [4.69, 9.17) is 0 Å². The number of thioether (sulfide) groups is 1. The zero-order valence-corrected chi connectivity index (χ0v) is 13.2. The van der Waals surface area contributed by atoms with Gasteiger partial charge < -0.3 is 10.8 Å². The minimum atomic E-state index is 0. The van der Waals surface area contributed by atoms with Crippen LogP contribution in [0.1, 0.15) is 5.01 Å². The van der Waals surface area contributed by atoms with Gasteiger partial charge in [-0.15, -0.1) is 11.3 Å². The standard InChI is InChI=1S/C17H12N2S2.Na.H2O.H/c1-3-8-14-12(6-1)18-16(20-14)10-5-11-17-19-13-7-2-4-9-15(13)21-17;;;/h1-11,18H;;1H2;. The Kier molecular flexibility index (Phi) is 6.47. The van der Waals surface area contributed by atoms with Crippen molar-refractivity contribution in [3.8, 4) is 0 Å². The Morgan fingerprint density at radius 3 is 2.61 bits per heavy atom. The van der Waals surface area contributed by atoms with Crippen molar-refractivity contribution in [2.24, 2.45) is 0 Å². The number of para-hydroxylation sites is 2. The molecule has 3 N–H and O–H groups in total. The van der Waals surface area contributed by atoms with Crippen molar-refractivity contribution in [1.29, 1.82) is 0 Å². The second kappa shape index (κ2) is 8.15. The fourth-order valence-electron chi connectivity index (χ4n) is 2.19. The van der Waals surface area contributed by atoms with Crippen molar-refractivity contribution in [2.45, 2.75) is 4.90 Å². The second-order valence-corrected chi connectivity index (χ2v) is 6.78. The van der Waals surface area contributed by atoms with Crippen molar-refractivity contribution in [2.75, 3.05) is 5.32 Å². The maximum absolute atomic E-state index is 4.59. The monoisotopic (exact) mass is 350 g/mol. The molecule has 0 fully saturated rings. The molecule has 0 atom stereocenters. The molecule has 0 aliphatic carbocycles. The summed E-state index contributed by atoms with van der Waals surface area (Å²) in [5.41, 5.74) is 2.25. The quantitative estimate of drug-likeness (QED) is 0.713. The van der Waals surface area contributed by atoms with Crippen molar-refractivity contribution in [3.05, 3.63) is 70.7 Å². The van der Waals surface area contributed by atoms with Gasteiger partial charge >= 0.3 is 29.6 Å². The second-order valence-electron chi connectivity index (χ2n) is 4.63. The van der Waals surface area contributed by atoms with E-state index in [1.165, 1.54) is 15.3 Å². The predicted molar refractivity (Wildman–Crippen MR) is 103 cm³/mol. The molecule has 1 aliphatic rings. The number of nitrogens with one attached hydrogen (secondary N) is 1. The fourth-order valence-corrected chi connectivity index (χ4v) is 3.99. The van der Waals surface area contributed by atoms with Crippen LogP contribution in [0.25, 0.3) is 16.3 Å². The molecule has 0 spiro atoms. The summed E-state index contributed by atoms with van der Waals surface area (Å²) in [7, 11) is 0. The molecule has 112 valence electrons. The third-order valence-corrected chi connectivity index (χ3v) is 5.20. The van der Waals surface area contributed by atoms with E-state index in [1.807, 2.05) is 24.3 Å². The Morgan fingerprint density at radius 2 is 1.78 bits per heavy atom. The number of fused-ring (bicyclic) bond motifs is 2. The molecule has 2 aromatic carbocycles. The average molecular weight is 350 g/mol. The Labute approximate surface area is 165 Å². The van der Waals surface area contributed by atoms with Gasteiger partial charge in [-0.25, -0.2) is 4.98 Å². The summed E-state index contributed by atoms with van der Waals surface area (Å²) in [5.74, 6) is 0. The van der Waals surface area contributed by atoms with E-state index >= 15 is 0 Å². The molecule has 2 heterocycles. The molecule has 0 saturated carbocycles. The van der Waals surface area contributed by atoms with E-state index in [9.17, 15) is 0 Å². The van der Waals surface area contributed by atoms with E-state index in [-0.39, 0.29) is 35.0 Å². The molecule has 1 aromatic heterocycles. The van der Waals surface area contributed by atoms with Gasteiger partial charge in [-0.1, -0.05) is 42.1 Å². The molecule has 3 nitrogen and oxygen atoms in total. The summed E-state index contributed by atoms with van der Waals surface area (Å²) in [5, 5.41) is 5.59. The van der Waals surface area contributed by atoms with E-state index < -0.39 is 0 Å². The van der Waals surface area contributed by atoms with Gasteiger partial charge in [0.2, 0.25) is 0 Å².